The third-order valence-corrected chi connectivity index (χ3v) is 10.2. The third kappa shape index (κ3) is 4.72. The number of fused-ring (bicyclic) bond motifs is 6. The van der Waals surface area contributed by atoms with Gasteiger partial charge in [-0.2, -0.15) is 10.5 Å². The molecule has 1 aliphatic rings. The second-order valence-corrected chi connectivity index (χ2v) is 13.3. The Bertz CT molecular complexity index is 2820. The number of nitriles is 2. The summed E-state index contributed by atoms with van der Waals surface area (Å²) in [4.78, 5) is 0. The SMILES string of the molecule is N#Cc1ccc2c(c1)c1cc(C#N)ccc1n2-c1cc(-c2cc(-c3ccccc3)cc(-n3c4ccccc4c4ccccc43)c2)cc(C2CN2)c1. The summed E-state index contributed by atoms with van der Waals surface area (Å²) in [5, 5.41) is 27.4. The molecule has 1 atom stereocenters. The van der Waals surface area contributed by atoms with Crippen LogP contribution in [-0.2, 0) is 0 Å². The molecule has 10 rings (SSSR count). The van der Waals surface area contributed by atoms with Crippen LogP contribution in [0, 0.1) is 22.7 Å². The first kappa shape index (κ1) is 29.0. The highest BCUT2D eigenvalue weighted by atomic mass is 15.1. The molecular weight excluding hydrogens is 623 g/mol. The van der Waals surface area contributed by atoms with Gasteiger partial charge < -0.3 is 14.5 Å². The van der Waals surface area contributed by atoms with Gasteiger partial charge in [0.25, 0.3) is 0 Å². The lowest BCUT2D eigenvalue weighted by Gasteiger charge is -2.16. The number of para-hydroxylation sites is 2. The molecule has 51 heavy (non-hydrogen) atoms. The summed E-state index contributed by atoms with van der Waals surface area (Å²) in [5.74, 6) is 0. The number of rotatable bonds is 5. The normalized spacial score (nSPS) is 13.9. The van der Waals surface area contributed by atoms with Crippen molar-refractivity contribution in [3.8, 4) is 45.8 Å². The van der Waals surface area contributed by atoms with E-state index in [0.717, 1.165) is 62.0 Å². The van der Waals surface area contributed by atoms with Crippen molar-refractivity contribution in [1.82, 2.24) is 14.5 Å². The number of aromatic nitrogens is 2. The molecule has 0 saturated carbocycles. The standard InChI is InChI=1S/C46H29N5/c47-26-29-14-16-45-40(18-29)41-19-30(27-48)15-17-46(41)51(45)37-24-34(21-35(25-37)42-28-49-42)33-20-32(31-8-2-1-3-9-31)22-36(23-33)50-43-12-6-4-10-38(43)39-11-5-7-13-44(39)50/h1-25,42,49H,28H2. The van der Waals surface area contributed by atoms with Gasteiger partial charge in [-0.25, -0.2) is 0 Å². The molecule has 1 aliphatic heterocycles. The molecule has 9 aromatic rings. The third-order valence-electron chi connectivity index (χ3n) is 10.2. The first-order chi connectivity index (χ1) is 25.2. The molecule has 1 unspecified atom stereocenters. The molecule has 5 heteroatoms. The van der Waals surface area contributed by atoms with Gasteiger partial charge in [0.2, 0.25) is 0 Å². The molecule has 0 radical (unpaired) electrons. The van der Waals surface area contributed by atoms with E-state index < -0.39 is 0 Å². The van der Waals surface area contributed by atoms with Crippen molar-refractivity contribution in [3.63, 3.8) is 0 Å². The molecule has 5 nitrogen and oxygen atoms in total. The van der Waals surface area contributed by atoms with Gasteiger partial charge in [-0.3, -0.25) is 0 Å². The fourth-order valence-corrected chi connectivity index (χ4v) is 7.77. The maximum absolute atomic E-state index is 9.76. The summed E-state index contributed by atoms with van der Waals surface area (Å²) in [6, 6.07) is 58.2. The van der Waals surface area contributed by atoms with Crippen molar-refractivity contribution in [2.24, 2.45) is 0 Å². The number of nitrogens with zero attached hydrogens (tertiary/aromatic N) is 4. The predicted molar refractivity (Wildman–Crippen MR) is 206 cm³/mol. The summed E-state index contributed by atoms with van der Waals surface area (Å²) in [6.07, 6.45) is 0. The van der Waals surface area contributed by atoms with Crippen LogP contribution in [0.5, 0.6) is 0 Å². The molecule has 238 valence electrons. The Hall–Kier alpha value is -6.92. The topological polar surface area (TPSA) is 79.4 Å². The summed E-state index contributed by atoms with van der Waals surface area (Å²) >= 11 is 0. The van der Waals surface area contributed by atoms with E-state index in [1.165, 1.54) is 27.4 Å². The Balaban J connectivity index is 1.25. The minimum absolute atomic E-state index is 0.279. The molecule has 1 saturated heterocycles. The molecule has 0 amide bonds. The van der Waals surface area contributed by atoms with E-state index in [9.17, 15) is 10.5 Å². The summed E-state index contributed by atoms with van der Waals surface area (Å²) in [5.41, 5.74) is 13.4. The second-order valence-electron chi connectivity index (χ2n) is 13.3. The maximum atomic E-state index is 9.76. The van der Waals surface area contributed by atoms with E-state index in [2.05, 4.69) is 142 Å². The Morgan fingerprint density at radius 3 is 1.47 bits per heavy atom. The zero-order chi connectivity index (χ0) is 34.1. The Morgan fingerprint density at radius 2 is 0.922 bits per heavy atom. The Labute approximate surface area is 294 Å². The lowest BCUT2D eigenvalue weighted by atomic mass is 9.95. The van der Waals surface area contributed by atoms with Crippen LogP contribution in [0.25, 0.3) is 77.2 Å². The fraction of sp³-hybridized carbons (Fsp3) is 0.0435. The van der Waals surface area contributed by atoms with Crippen LogP contribution in [0.4, 0.5) is 0 Å². The van der Waals surface area contributed by atoms with Gasteiger partial charge in [-0.1, -0.05) is 66.7 Å². The Morgan fingerprint density at radius 1 is 0.451 bits per heavy atom. The first-order valence-electron chi connectivity index (χ1n) is 17.1. The first-order valence-corrected chi connectivity index (χ1v) is 17.1. The van der Waals surface area contributed by atoms with Gasteiger partial charge in [0.1, 0.15) is 0 Å². The number of nitrogens with one attached hydrogen (secondary N) is 1. The van der Waals surface area contributed by atoms with E-state index >= 15 is 0 Å². The highest BCUT2D eigenvalue weighted by Gasteiger charge is 2.25. The minimum Gasteiger partial charge on any atom is -0.309 e. The molecule has 0 bridgehead atoms. The van der Waals surface area contributed by atoms with Gasteiger partial charge in [-0.05, 0) is 113 Å². The van der Waals surface area contributed by atoms with Gasteiger partial charge in [-0.15, -0.1) is 0 Å². The van der Waals surface area contributed by atoms with Crippen molar-refractivity contribution in [3.05, 3.63) is 168 Å². The quantitative estimate of drug-likeness (QED) is 0.188. The fourth-order valence-electron chi connectivity index (χ4n) is 7.77. The molecule has 0 aliphatic carbocycles. The minimum atomic E-state index is 0.279. The van der Waals surface area contributed by atoms with Gasteiger partial charge in [0.15, 0.2) is 0 Å². The smallest absolute Gasteiger partial charge is 0.0991 e. The van der Waals surface area contributed by atoms with Crippen molar-refractivity contribution >= 4 is 43.6 Å². The summed E-state index contributed by atoms with van der Waals surface area (Å²) in [6.45, 7) is 0.934. The highest BCUT2D eigenvalue weighted by Crippen LogP contribution is 2.40. The highest BCUT2D eigenvalue weighted by molar-refractivity contribution is 6.11. The molecular formula is C46H29N5. The van der Waals surface area contributed by atoms with E-state index in [0.29, 0.717) is 11.1 Å². The van der Waals surface area contributed by atoms with Crippen molar-refractivity contribution in [1.29, 1.82) is 10.5 Å². The van der Waals surface area contributed by atoms with Gasteiger partial charge >= 0.3 is 0 Å². The van der Waals surface area contributed by atoms with Gasteiger partial charge in [0, 0.05) is 45.5 Å². The predicted octanol–water partition coefficient (Wildman–Crippen LogP) is 10.6. The van der Waals surface area contributed by atoms with Crippen LogP contribution in [0.15, 0.2) is 152 Å². The second kappa shape index (κ2) is 11.3. The van der Waals surface area contributed by atoms with Crippen molar-refractivity contribution in [2.45, 2.75) is 6.04 Å². The van der Waals surface area contributed by atoms with Crippen LogP contribution >= 0.6 is 0 Å². The van der Waals surface area contributed by atoms with Crippen LogP contribution in [-0.4, -0.2) is 15.7 Å². The van der Waals surface area contributed by atoms with Crippen LogP contribution in [0.2, 0.25) is 0 Å². The van der Waals surface area contributed by atoms with E-state index in [1.807, 2.05) is 36.4 Å². The number of benzene rings is 7. The zero-order valence-electron chi connectivity index (χ0n) is 27.5. The zero-order valence-corrected chi connectivity index (χ0v) is 27.5. The number of hydrogen-bond acceptors (Lipinski definition) is 3. The molecule has 2 aromatic heterocycles. The maximum Gasteiger partial charge on any atom is 0.0991 e. The summed E-state index contributed by atoms with van der Waals surface area (Å²) in [7, 11) is 0. The Kier molecular flexibility index (Phi) is 6.45. The molecule has 1 N–H and O–H groups in total. The van der Waals surface area contributed by atoms with Crippen LogP contribution < -0.4 is 5.32 Å². The molecule has 3 heterocycles. The van der Waals surface area contributed by atoms with E-state index in [4.69, 9.17) is 0 Å². The molecule has 7 aromatic carbocycles. The number of hydrogen-bond donors (Lipinski definition) is 1. The van der Waals surface area contributed by atoms with Crippen molar-refractivity contribution in [2.75, 3.05) is 6.54 Å². The average Bonchev–Trinajstić information content (AvgIpc) is 3.93. The van der Waals surface area contributed by atoms with Crippen LogP contribution in [0.1, 0.15) is 22.7 Å². The van der Waals surface area contributed by atoms with E-state index in [1.54, 1.807) is 0 Å². The lowest BCUT2D eigenvalue weighted by molar-refractivity contribution is 1.06. The van der Waals surface area contributed by atoms with E-state index in [-0.39, 0.29) is 6.04 Å². The summed E-state index contributed by atoms with van der Waals surface area (Å²) < 4.78 is 4.66. The average molecular weight is 652 g/mol. The van der Waals surface area contributed by atoms with Gasteiger partial charge in [0.05, 0.1) is 45.3 Å². The molecule has 1 fully saturated rings. The monoisotopic (exact) mass is 651 g/mol. The lowest BCUT2D eigenvalue weighted by Crippen LogP contribution is -1.99. The largest absolute Gasteiger partial charge is 0.309 e. The molecule has 0 spiro atoms. The van der Waals surface area contributed by atoms with Crippen LogP contribution in [0.3, 0.4) is 0 Å². The van der Waals surface area contributed by atoms with Crippen molar-refractivity contribution < 1.29 is 0 Å².